The Labute approximate surface area is 189 Å². The lowest BCUT2D eigenvalue weighted by Gasteiger charge is -2.23. The van der Waals surface area contributed by atoms with Gasteiger partial charge in [-0.05, 0) is 37.3 Å². The number of hydrogen-bond donors (Lipinski definition) is 0. The van der Waals surface area contributed by atoms with Gasteiger partial charge in [-0.15, -0.1) is 10.2 Å². The van der Waals surface area contributed by atoms with Gasteiger partial charge < -0.3 is 4.74 Å². The maximum Gasteiger partial charge on any atom is 0.417 e. The summed E-state index contributed by atoms with van der Waals surface area (Å²) in [6.45, 7) is 1.86. The van der Waals surface area contributed by atoms with Crippen molar-refractivity contribution in [3.8, 4) is 11.4 Å². The summed E-state index contributed by atoms with van der Waals surface area (Å²) in [5.74, 6) is 0.983. The number of benzene rings is 3. The van der Waals surface area contributed by atoms with Gasteiger partial charge >= 0.3 is 6.09 Å². The van der Waals surface area contributed by atoms with Gasteiger partial charge in [-0.2, -0.15) is 0 Å². The molecule has 0 N–H and O–H groups in total. The predicted molar refractivity (Wildman–Crippen MR) is 121 cm³/mol. The second kappa shape index (κ2) is 8.31. The van der Waals surface area contributed by atoms with Gasteiger partial charge in [-0.1, -0.05) is 48.5 Å². The first-order chi connectivity index (χ1) is 16.0. The summed E-state index contributed by atoms with van der Waals surface area (Å²) in [6.07, 6.45) is -1.46. The Balaban J connectivity index is 1.62. The first kappa shape index (κ1) is 20.6. The van der Waals surface area contributed by atoms with E-state index in [4.69, 9.17) is 9.73 Å². The number of amides is 1. The Hall–Kier alpha value is -4.33. The molecule has 4 aromatic rings. The van der Waals surface area contributed by atoms with Crippen molar-refractivity contribution in [3.63, 3.8) is 0 Å². The number of aryl methyl sites for hydroxylation is 1. The Morgan fingerprint density at radius 1 is 0.970 bits per heavy atom. The maximum atomic E-state index is 13.2. The molecule has 0 fully saturated rings. The summed E-state index contributed by atoms with van der Waals surface area (Å²) in [7, 11) is 1.59. The third kappa shape index (κ3) is 3.76. The Morgan fingerprint density at radius 2 is 1.67 bits per heavy atom. The monoisotopic (exact) mass is 441 g/mol. The summed E-state index contributed by atoms with van der Waals surface area (Å²) < 4.78 is 20.6. The summed E-state index contributed by atoms with van der Waals surface area (Å²) >= 11 is 0. The molecule has 0 saturated heterocycles. The van der Waals surface area contributed by atoms with Gasteiger partial charge in [0.1, 0.15) is 17.4 Å². The van der Waals surface area contributed by atoms with Crippen molar-refractivity contribution in [1.82, 2.24) is 19.7 Å². The van der Waals surface area contributed by atoms with Crippen LogP contribution >= 0.6 is 0 Å². The molecule has 1 atom stereocenters. The molecule has 1 unspecified atom stereocenters. The summed E-state index contributed by atoms with van der Waals surface area (Å²) in [6, 6.07) is 22.9. The van der Waals surface area contributed by atoms with Crippen LogP contribution in [0.4, 0.5) is 9.18 Å². The SMILES string of the molecule is Cc1nnc2n1-c1ccccc1C(c1ccccc1)=NC2N(C)C(=O)Oc1ccc(F)cc1. The van der Waals surface area contributed by atoms with Crippen molar-refractivity contribution in [3.05, 3.63) is 107 Å². The van der Waals surface area contributed by atoms with Gasteiger partial charge in [-0.3, -0.25) is 14.5 Å². The minimum Gasteiger partial charge on any atom is -0.410 e. The molecule has 0 radical (unpaired) electrons. The molecule has 0 bridgehead atoms. The van der Waals surface area contributed by atoms with Crippen LogP contribution in [-0.2, 0) is 0 Å². The van der Waals surface area contributed by atoms with Crippen LogP contribution in [0.1, 0.15) is 28.9 Å². The number of fused-ring (bicyclic) bond motifs is 3. The van der Waals surface area contributed by atoms with Crippen molar-refractivity contribution >= 4 is 11.8 Å². The summed E-state index contributed by atoms with van der Waals surface area (Å²) in [4.78, 5) is 19.4. The van der Waals surface area contributed by atoms with Gasteiger partial charge in [0, 0.05) is 18.2 Å². The Morgan fingerprint density at radius 3 is 2.42 bits per heavy atom. The van der Waals surface area contributed by atoms with E-state index in [9.17, 15) is 9.18 Å². The number of aliphatic imine (C=N–C) groups is 1. The lowest BCUT2D eigenvalue weighted by atomic mass is 10.0. The second-order valence-corrected chi connectivity index (χ2v) is 7.61. The minimum atomic E-state index is -0.804. The molecule has 1 amide bonds. The minimum absolute atomic E-state index is 0.232. The number of para-hydroxylation sites is 1. The van der Waals surface area contributed by atoms with E-state index in [0.717, 1.165) is 22.5 Å². The molecule has 0 spiro atoms. The van der Waals surface area contributed by atoms with Crippen LogP contribution in [-0.4, -0.2) is 38.5 Å². The predicted octanol–water partition coefficient (Wildman–Crippen LogP) is 4.70. The van der Waals surface area contributed by atoms with Crippen LogP contribution in [0.25, 0.3) is 5.69 Å². The molecule has 8 heteroatoms. The first-order valence-corrected chi connectivity index (χ1v) is 10.4. The van der Waals surface area contributed by atoms with Gasteiger partial charge in [-0.25, -0.2) is 9.18 Å². The highest BCUT2D eigenvalue weighted by molar-refractivity contribution is 6.15. The molecule has 5 rings (SSSR count). The van der Waals surface area contributed by atoms with E-state index in [0.29, 0.717) is 11.6 Å². The maximum absolute atomic E-state index is 13.2. The van der Waals surface area contributed by atoms with Crippen LogP contribution in [0.2, 0.25) is 0 Å². The average Bonchev–Trinajstić information content (AvgIpc) is 3.15. The molecule has 1 aliphatic rings. The van der Waals surface area contributed by atoms with E-state index in [1.165, 1.54) is 29.2 Å². The normalized spacial score (nSPS) is 14.5. The van der Waals surface area contributed by atoms with E-state index in [2.05, 4.69) is 10.2 Å². The number of carbonyl (C=O) groups excluding carboxylic acids is 1. The number of carbonyl (C=O) groups is 1. The molecule has 1 aliphatic heterocycles. The smallest absolute Gasteiger partial charge is 0.410 e. The molecule has 3 aromatic carbocycles. The van der Waals surface area contributed by atoms with E-state index in [1.807, 2.05) is 66.1 Å². The Kier molecular flexibility index (Phi) is 5.18. The van der Waals surface area contributed by atoms with Crippen molar-refractivity contribution in [1.29, 1.82) is 0 Å². The summed E-state index contributed by atoms with van der Waals surface area (Å²) in [5, 5.41) is 8.60. The lowest BCUT2D eigenvalue weighted by Crippen LogP contribution is -2.34. The van der Waals surface area contributed by atoms with Crippen molar-refractivity contribution < 1.29 is 13.9 Å². The van der Waals surface area contributed by atoms with E-state index in [-0.39, 0.29) is 5.75 Å². The number of ether oxygens (including phenoxy) is 1. The molecule has 164 valence electrons. The average molecular weight is 441 g/mol. The fraction of sp³-hybridized carbons (Fsp3) is 0.120. The largest absolute Gasteiger partial charge is 0.417 e. The zero-order chi connectivity index (χ0) is 22.9. The number of nitrogens with zero attached hydrogens (tertiary/aromatic N) is 5. The molecular weight excluding hydrogens is 421 g/mol. The number of halogens is 1. The number of aromatic nitrogens is 3. The van der Waals surface area contributed by atoms with Crippen LogP contribution in [0.15, 0.2) is 83.9 Å². The standard InChI is InChI=1S/C25H20FN5O2/c1-16-28-29-24-23(30(2)25(32)33-19-14-12-18(26)13-15-19)27-22(17-8-4-3-5-9-17)20-10-6-7-11-21(20)31(16)24/h3-15,23H,1-2H3. The highest BCUT2D eigenvalue weighted by atomic mass is 19.1. The van der Waals surface area contributed by atoms with E-state index >= 15 is 0 Å². The van der Waals surface area contributed by atoms with Crippen LogP contribution in [0.5, 0.6) is 5.75 Å². The highest BCUT2D eigenvalue weighted by Gasteiger charge is 2.33. The molecule has 0 aliphatic carbocycles. The zero-order valence-corrected chi connectivity index (χ0v) is 18.0. The fourth-order valence-corrected chi connectivity index (χ4v) is 3.82. The summed E-state index contributed by atoms with van der Waals surface area (Å²) in [5.41, 5.74) is 3.41. The van der Waals surface area contributed by atoms with Gasteiger partial charge in [0.15, 0.2) is 12.0 Å². The number of rotatable bonds is 3. The third-order valence-electron chi connectivity index (χ3n) is 5.45. The van der Waals surface area contributed by atoms with Crippen molar-refractivity contribution in [2.24, 2.45) is 4.99 Å². The van der Waals surface area contributed by atoms with Crippen molar-refractivity contribution in [2.75, 3.05) is 7.05 Å². The number of hydrogen-bond acceptors (Lipinski definition) is 5. The van der Waals surface area contributed by atoms with E-state index in [1.54, 1.807) is 7.05 Å². The molecule has 1 aromatic heterocycles. The van der Waals surface area contributed by atoms with Gasteiger partial charge in [0.05, 0.1) is 11.4 Å². The Bertz CT molecular complexity index is 1350. The fourth-order valence-electron chi connectivity index (χ4n) is 3.82. The molecule has 2 heterocycles. The third-order valence-corrected chi connectivity index (χ3v) is 5.45. The van der Waals surface area contributed by atoms with Gasteiger partial charge in [0.25, 0.3) is 0 Å². The lowest BCUT2D eigenvalue weighted by molar-refractivity contribution is 0.144. The van der Waals surface area contributed by atoms with Crippen LogP contribution < -0.4 is 4.74 Å². The first-order valence-electron chi connectivity index (χ1n) is 10.4. The van der Waals surface area contributed by atoms with Gasteiger partial charge in [0.2, 0.25) is 0 Å². The molecule has 33 heavy (non-hydrogen) atoms. The second-order valence-electron chi connectivity index (χ2n) is 7.61. The van der Waals surface area contributed by atoms with E-state index < -0.39 is 18.1 Å². The molecule has 7 nitrogen and oxygen atoms in total. The highest BCUT2D eigenvalue weighted by Crippen LogP contribution is 2.32. The van der Waals surface area contributed by atoms with Crippen LogP contribution in [0.3, 0.4) is 0 Å². The topological polar surface area (TPSA) is 72.6 Å². The molecular formula is C25H20FN5O2. The zero-order valence-electron chi connectivity index (χ0n) is 18.0. The quantitative estimate of drug-likeness (QED) is 0.462. The van der Waals surface area contributed by atoms with Crippen LogP contribution in [0, 0.1) is 12.7 Å². The molecule has 0 saturated carbocycles. The van der Waals surface area contributed by atoms with Crippen molar-refractivity contribution in [2.45, 2.75) is 13.1 Å².